The molecule has 0 amide bonds. The zero-order valence-electron chi connectivity index (χ0n) is 11.0. The summed E-state index contributed by atoms with van der Waals surface area (Å²) in [6.45, 7) is 3.32. The summed E-state index contributed by atoms with van der Waals surface area (Å²) in [6.07, 6.45) is 0.851. The van der Waals surface area contributed by atoms with Crippen molar-refractivity contribution in [2.24, 2.45) is 5.73 Å². The van der Waals surface area contributed by atoms with Crippen molar-refractivity contribution in [1.82, 2.24) is 0 Å². The molecule has 0 bridgehead atoms. The minimum Gasteiger partial charge on any atom is -0.489 e. The lowest BCUT2D eigenvalue weighted by molar-refractivity contribution is 0.303. The third-order valence-corrected chi connectivity index (χ3v) is 3.66. The van der Waals surface area contributed by atoms with E-state index in [-0.39, 0.29) is 0 Å². The van der Waals surface area contributed by atoms with Crippen LogP contribution in [0.15, 0.2) is 42.5 Å². The first-order valence-electron chi connectivity index (χ1n) is 6.36. The number of halogens is 1. The Balaban J connectivity index is 2.08. The monoisotopic (exact) mass is 367 g/mol. The lowest BCUT2D eigenvalue weighted by Gasteiger charge is -2.12. The minimum atomic E-state index is 0.595. The van der Waals surface area contributed by atoms with Gasteiger partial charge >= 0.3 is 0 Å². The number of hydrogen-bond acceptors (Lipinski definition) is 2. The molecule has 0 atom stereocenters. The average molecular weight is 367 g/mol. The van der Waals surface area contributed by atoms with E-state index in [1.807, 2.05) is 6.07 Å². The second-order valence-electron chi connectivity index (χ2n) is 4.56. The van der Waals surface area contributed by atoms with Gasteiger partial charge in [-0.25, -0.2) is 0 Å². The Morgan fingerprint density at radius 1 is 1.11 bits per heavy atom. The van der Waals surface area contributed by atoms with Crippen molar-refractivity contribution < 1.29 is 4.74 Å². The molecule has 2 nitrogen and oxygen atoms in total. The summed E-state index contributed by atoms with van der Waals surface area (Å²) >= 11 is 2.30. The number of nitrogens with two attached hydrogens (primary N) is 1. The Morgan fingerprint density at radius 2 is 1.84 bits per heavy atom. The third-order valence-electron chi connectivity index (χ3n) is 2.94. The largest absolute Gasteiger partial charge is 0.489 e. The Kier molecular flexibility index (Phi) is 5.22. The molecule has 0 aliphatic carbocycles. The van der Waals surface area contributed by atoms with E-state index in [9.17, 15) is 0 Å². The number of ether oxygens (including phenoxy) is 1. The Bertz CT molecular complexity index is 537. The molecular formula is C16H18INO. The maximum absolute atomic E-state index is 5.91. The van der Waals surface area contributed by atoms with Gasteiger partial charge in [0.05, 0.1) is 0 Å². The predicted octanol–water partition coefficient (Wildman–Crippen LogP) is 3.68. The van der Waals surface area contributed by atoms with Gasteiger partial charge in [-0.05, 0) is 71.8 Å². The van der Waals surface area contributed by atoms with Crippen LogP contribution in [0.1, 0.15) is 16.7 Å². The lowest BCUT2D eigenvalue weighted by atomic mass is 10.1. The van der Waals surface area contributed by atoms with Gasteiger partial charge in [0.2, 0.25) is 0 Å². The zero-order chi connectivity index (χ0) is 13.7. The van der Waals surface area contributed by atoms with Crippen LogP contribution < -0.4 is 10.5 Å². The molecule has 0 spiro atoms. The summed E-state index contributed by atoms with van der Waals surface area (Å²) in [6, 6.07) is 14.6. The van der Waals surface area contributed by atoms with Gasteiger partial charge in [0.1, 0.15) is 12.4 Å². The van der Waals surface area contributed by atoms with Crippen molar-refractivity contribution in [3.63, 3.8) is 0 Å². The van der Waals surface area contributed by atoms with E-state index in [1.54, 1.807) is 0 Å². The Morgan fingerprint density at radius 3 is 2.53 bits per heavy atom. The molecule has 3 heteroatoms. The summed E-state index contributed by atoms with van der Waals surface area (Å²) in [5.74, 6) is 0.939. The SMILES string of the molecule is Cc1ccc(OCc2ccc(I)cc2)c(CCN)c1. The molecule has 100 valence electrons. The summed E-state index contributed by atoms with van der Waals surface area (Å²) in [5, 5.41) is 0. The molecule has 0 heterocycles. The summed E-state index contributed by atoms with van der Waals surface area (Å²) < 4.78 is 7.15. The average Bonchev–Trinajstić information content (AvgIpc) is 2.40. The minimum absolute atomic E-state index is 0.595. The fourth-order valence-electron chi connectivity index (χ4n) is 1.94. The molecule has 0 saturated heterocycles. The smallest absolute Gasteiger partial charge is 0.123 e. The van der Waals surface area contributed by atoms with Crippen molar-refractivity contribution in [3.8, 4) is 5.75 Å². The van der Waals surface area contributed by atoms with Gasteiger partial charge in [0.15, 0.2) is 0 Å². The third kappa shape index (κ3) is 4.21. The van der Waals surface area contributed by atoms with Crippen molar-refractivity contribution in [3.05, 3.63) is 62.7 Å². The molecule has 2 N–H and O–H groups in total. The van der Waals surface area contributed by atoms with Gasteiger partial charge in [-0.2, -0.15) is 0 Å². The summed E-state index contributed by atoms with van der Waals surface area (Å²) in [4.78, 5) is 0. The van der Waals surface area contributed by atoms with E-state index < -0.39 is 0 Å². The maximum Gasteiger partial charge on any atom is 0.123 e. The van der Waals surface area contributed by atoms with Gasteiger partial charge in [-0.3, -0.25) is 0 Å². The normalized spacial score (nSPS) is 10.5. The van der Waals surface area contributed by atoms with E-state index >= 15 is 0 Å². The van der Waals surface area contributed by atoms with Gasteiger partial charge < -0.3 is 10.5 Å². The summed E-state index contributed by atoms with van der Waals surface area (Å²) in [7, 11) is 0. The van der Waals surface area contributed by atoms with Crippen LogP contribution in [0.25, 0.3) is 0 Å². The quantitative estimate of drug-likeness (QED) is 0.819. The number of rotatable bonds is 5. The first kappa shape index (κ1) is 14.3. The maximum atomic E-state index is 5.91. The van der Waals surface area contributed by atoms with Crippen LogP contribution in [0.5, 0.6) is 5.75 Å². The molecule has 0 fully saturated rings. The van der Waals surface area contributed by atoms with Gasteiger partial charge in [-0.15, -0.1) is 0 Å². The van der Waals surface area contributed by atoms with Gasteiger partial charge in [0.25, 0.3) is 0 Å². The Hall–Kier alpha value is -1.07. The molecule has 0 unspecified atom stereocenters. The second kappa shape index (κ2) is 6.91. The van der Waals surface area contributed by atoms with Crippen molar-refractivity contribution >= 4 is 22.6 Å². The highest BCUT2D eigenvalue weighted by Gasteiger charge is 2.04. The van der Waals surface area contributed by atoms with Crippen LogP contribution in [0.2, 0.25) is 0 Å². The van der Waals surface area contributed by atoms with Crippen LogP contribution >= 0.6 is 22.6 Å². The molecule has 0 aromatic heterocycles. The first-order valence-corrected chi connectivity index (χ1v) is 7.44. The highest BCUT2D eigenvalue weighted by Crippen LogP contribution is 2.21. The Labute approximate surface area is 128 Å². The fourth-order valence-corrected chi connectivity index (χ4v) is 2.30. The first-order chi connectivity index (χ1) is 9.19. The molecule has 2 aromatic carbocycles. The second-order valence-corrected chi connectivity index (χ2v) is 5.81. The predicted molar refractivity (Wildman–Crippen MR) is 87.4 cm³/mol. The van der Waals surface area contributed by atoms with Crippen LogP contribution in [-0.2, 0) is 13.0 Å². The standard InChI is InChI=1S/C16H18INO/c1-12-2-7-16(14(10-12)8-9-18)19-11-13-3-5-15(17)6-4-13/h2-7,10H,8-9,11,18H2,1H3. The lowest BCUT2D eigenvalue weighted by Crippen LogP contribution is -2.06. The molecule has 0 saturated carbocycles. The molecule has 0 radical (unpaired) electrons. The van der Waals surface area contributed by atoms with Crippen molar-refractivity contribution in [1.29, 1.82) is 0 Å². The molecule has 2 rings (SSSR count). The zero-order valence-corrected chi connectivity index (χ0v) is 13.2. The van der Waals surface area contributed by atoms with Gasteiger partial charge in [0, 0.05) is 3.57 Å². The van der Waals surface area contributed by atoms with Crippen LogP contribution in [0.3, 0.4) is 0 Å². The number of benzene rings is 2. The van der Waals surface area contributed by atoms with E-state index in [1.165, 1.54) is 20.3 Å². The van der Waals surface area contributed by atoms with Crippen molar-refractivity contribution in [2.75, 3.05) is 6.54 Å². The molecule has 0 aliphatic rings. The van der Waals surface area contributed by atoms with E-state index in [0.29, 0.717) is 13.2 Å². The van der Waals surface area contributed by atoms with E-state index in [0.717, 1.165) is 12.2 Å². The molecule has 19 heavy (non-hydrogen) atoms. The van der Waals surface area contributed by atoms with Gasteiger partial charge in [-0.1, -0.05) is 29.8 Å². The molecule has 0 aliphatic heterocycles. The summed E-state index contributed by atoms with van der Waals surface area (Å²) in [5.41, 5.74) is 9.26. The highest BCUT2D eigenvalue weighted by atomic mass is 127. The van der Waals surface area contributed by atoms with Crippen LogP contribution in [0, 0.1) is 10.5 Å². The van der Waals surface area contributed by atoms with E-state index in [4.69, 9.17) is 10.5 Å². The fraction of sp³-hybridized carbons (Fsp3) is 0.250. The number of aryl methyl sites for hydroxylation is 1. The number of hydrogen-bond donors (Lipinski definition) is 1. The molecular weight excluding hydrogens is 349 g/mol. The van der Waals surface area contributed by atoms with Crippen LogP contribution in [0.4, 0.5) is 0 Å². The van der Waals surface area contributed by atoms with Crippen molar-refractivity contribution in [2.45, 2.75) is 20.0 Å². The van der Waals surface area contributed by atoms with E-state index in [2.05, 4.69) is 65.9 Å². The topological polar surface area (TPSA) is 35.2 Å². The molecule has 2 aromatic rings. The highest BCUT2D eigenvalue weighted by molar-refractivity contribution is 14.1. The van der Waals surface area contributed by atoms with Crippen LogP contribution in [-0.4, -0.2) is 6.54 Å².